The first-order valence-corrected chi connectivity index (χ1v) is 7.84. The molecule has 0 aliphatic heterocycles. The second kappa shape index (κ2) is 6.66. The maximum Gasteiger partial charge on any atom is 0.253 e. The zero-order valence-electron chi connectivity index (χ0n) is 14.1. The van der Waals surface area contributed by atoms with Crippen LogP contribution in [0.3, 0.4) is 0 Å². The van der Waals surface area contributed by atoms with Gasteiger partial charge in [0.25, 0.3) is 5.91 Å². The second-order valence-electron chi connectivity index (χ2n) is 5.93. The van der Waals surface area contributed by atoms with Gasteiger partial charge in [-0.05, 0) is 49.6 Å². The zero-order valence-corrected chi connectivity index (χ0v) is 14.1. The molecule has 0 fully saturated rings. The van der Waals surface area contributed by atoms with Gasteiger partial charge >= 0.3 is 0 Å². The highest BCUT2D eigenvalue weighted by molar-refractivity contribution is 5.93. The van der Waals surface area contributed by atoms with Crippen LogP contribution in [0, 0.1) is 20.8 Å². The molecule has 1 N–H and O–H groups in total. The Morgan fingerprint density at radius 3 is 2.50 bits per heavy atom. The summed E-state index contributed by atoms with van der Waals surface area (Å²) in [4.78, 5) is 20.6. The number of amides is 1. The number of rotatable bonds is 4. The standard InChI is InChI=1S/C19H20N4O/c1-13-8-14(2)17(15(3)9-13)11-22-19(24)16-4-5-18(21-10-16)23-7-6-20-12-23/h4-10,12H,11H2,1-3H3,(H,22,24). The predicted octanol–water partition coefficient (Wildman–Crippen LogP) is 3.12. The molecule has 0 saturated heterocycles. The van der Waals surface area contributed by atoms with Crippen molar-refractivity contribution in [2.75, 3.05) is 0 Å². The molecule has 1 amide bonds. The predicted molar refractivity (Wildman–Crippen MR) is 93.2 cm³/mol. The summed E-state index contributed by atoms with van der Waals surface area (Å²) in [7, 11) is 0. The molecule has 0 atom stereocenters. The van der Waals surface area contributed by atoms with Crippen LogP contribution in [-0.4, -0.2) is 20.4 Å². The summed E-state index contributed by atoms with van der Waals surface area (Å²) in [5.74, 6) is 0.605. The minimum Gasteiger partial charge on any atom is -0.348 e. The molecule has 1 aromatic carbocycles. The molecule has 5 heteroatoms. The van der Waals surface area contributed by atoms with Gasteiger partial charge in [0.1, 0.15) is 12.1 Å². The van der Waals surface area contributed by atoms with Gasteiger partial charge in [-0.15, -0.1) is 0 Å². The van der Waals surface area contributed by atoms with Crippen molar-refractivity contribution >= 4 is 5.91 Å². The molecule has 2 aromatic heterocycles. The summed E-state index contributed by atoms with van der Waals surface area (Å²) >= 11 is 0. The highest BCUT2D eigenvalue weighted by Gasteiger charge is 2.09. The van der Waals surface area contributed by atoms with Gasteiger partial charge < -0.3 is 5.32 Å². The topological polar surface area (TPSA) is 59.8 Å². The average Bonchev–Trinajstić information content (AvgIpc) is 3.08. The molecule has 0 radical (unpaired) electrons. The number of aromatic nitrogens is 3. The number of imidazole rings is 1. The third-order valence-electron chi connectivity index (χ3n) is 4.05. The number of aryl methyl sites for hydroxylation is 3. The number of nitrogens with one attached hydrogen (secondary N) is 1. The summed E-state index contributed by atoms with van der Waals surface area (Å²) in [5.41, 5.74) is 5.33. The highest BCUT2D eigenvalue weighted by atomic mass is 16.1. The number of hydrogen-bond donors (Lipinski definition) is 1. The van der Waals surface area contributed by atoms with Crippen LogP contribution in [0.4, 0.5) is 0 Å². The molecule has 0 aliphatic rings. The fourth-order valence-corrected chi connectivity index (χ4v) is 2.83. The van der Waals surface area contributed by atoms with E-state index in [0.29, 0.717) is 12.1 Å². The lowest BCUT2D eigenvalue weighted by Crippen LogP contribution is -2.24. The van der Waals surface area contributed by atoms with Crippen LogP contribution in [0.25, 0.3) is 5.82 Å². The number of hydrogen-bond acceptors (Lipinski definition) is 3. The summed E-state index contributed by atoms with van der Waals surface area (Å²) < 4.78 is 1.79. The summed E-state index contributed by atoms with van der Waals surface area (Å²) in [6.45, 7) is 6.74. The smallest absolute Gasteiger partial charge is 0.253 e. The lowest BCUT2D eigenvalue weighted by Gasteiger charge is -2.12. The second-order valence-corrected chi connectivity index (χ2v) is 5.93. The van der Waals surface area contributed by atoms with E-state index in [-0.39, 0.29) is 5.91 Å². The number of carbonyl (C=O) groups is 1. The van der Waals surface area contributed by atoms with E-state index in [4.69, 9.17) is 0 Å². The Morgan fingerprint density at radius 2 is 1.92 bits per heavy atom. The van der Waals surface area contributed by atoms with Crippen molar-refractivity contribution in [2.24, 2.45) is 0 Å². The van der Waals surface area contributed by atoms with Crippen molar-refractivity contribution in [3.05, 3.63) is 77.0 Å². The summed E-state index contributed by atoms with van der Waals surface area (Å²) in [6, 6.07) is 7.84. The molecule has 2 heterocycles. The first-order chi connectivity index (χ1) is 11.5. The van der Waals surface area contributed by atoms with Crippen LogP contribution in [0.1, 0.15) is 32.6 Å². The number of carbonyl (C=O) groups excluding carboxylic acids is 1. The third kappa shape index (κ3) is 3.35. The normalized spacial score (nSPS) is 10.6. The molecule has 0 spiro atoms. The highest BCUT2D eigenvalue weighted by Crippen LogP contribution is 2.16. The van der Waals surface area contributed by atoms with Crippen molar-refractivity contribution < 1.29 is 4.79 Å². The fraction of sp³-hybridized carbons (Fsp3) is 0.211. The Labute approximate surface area is 141 Å². The Bertz CT molecular complexity index is 829. The van der Waals surface area contributed by atoms with Crippen LogP contribution in [-0.2, 0) is 6.54 Å². The Kier molecular flexibility index (Phi) is 4.42. The van der Waals surface area contributed by atoms with E-state index in [9.17, 15) is 4.79 Å². The fourth-order valence-electron chi connectivity index (χ4n) is 2.83. The van der Waals surface area contributed by atoms with Gasteiger partial charge in [-0.1, -0.05) is 17.7 Å². The zero-order chi connectivity index (χ0) is 17.1. The molecule has 0 aliphatic carbocycles. The Morgan fingerprint density at radius 1 is 1.17 bits per heavy atom. The number of pyridine rings is 1. The van der Waals surface area contributed by atoms with Crippen LogP contribution < -0.4 is 5.32 Å². The van der Waals surface area contributed by atoms with Crippen molar-refractivity contribution in [3.8, 4) is 5.82 Å². The third-order valence-corrected chi connectivity index (χ3v) is 4.05. The average molecular weight is 320 g/mol. The first-order valence-electron chi connectivity index (χ1n) is 7.84. The monoisotopic (exact) mass is 320 g/mol. The van der Waals surface area contributed by atoms with Gasteiger partial charge in [0.2, 0.25) is 0 Å². The van der Waals surface area contributed by atoms with Crippen LogP contribution in [0.15, 0.2) is 49.2 Å². The molecule has 0 unspecified atom stereocenters. The summed E-state index contributed by atoms with van der Waals surface area (Å²) in [6.07, 6.45) is 6.75. The lowest BCUT2D eigenvalue weighted by atomic mass is 10.00. The number of nitrogens with zero attached hydrogens (tertiary/aromatic N) is 3. The van der Waals surface area contributed by atoms with Crippen molar-refractivity contribution in [3.63, 3.8) is 0 Å². The first kappa shape index (κ1) is 15.9. The Hall–Kier alpha value is -2.95. The maximum absolute atomic E-state index is 12.3. The largest absolute Gasteiger partial charge is 0.348 e. The van der Waals surface area contributed by atoms with Crippen molar-refractivity contribution in [2.45, 2.75) is 27.3 Å². The Balaban J connectivity index is 1.69. The molecule has 3 aromatic rings. The molecule has 24 heavy (non-hydrogen) atoms. The minimum absolute atomic E-state index is 0.126. The molecule has 122 valence electrons. The molecular formula is C19H20N4O. The van der Waals surface area contributed by atoms with Crippen molar-refractivity contribution in [1.82, 2.24) is 19.9 Å². The van der Waals surface area contributed by atoms with Gasteiger partial charge in [-0.2, -0.15) is 0 Å². The van der Waals surface area contributed by atoms with Crippen molar-refractivity contribution in [1.29, 1.82) is 0 Å². The molecule has 3 rings (SSSR count). The molecular weight excluding hydrogens is 300 g/mol. The van der Waals surface area contributed by atoms with Gasteiger partial charge in [0.05, 0.1) is 5.56 Å². The molecule has 0 bridgehead atoms. The SMILES string of the molecule is Cc1cc(C)c(CNC(=O)c2ccc(-n3ccnc3)nc2)c(C)c1. The van der Waals surface area contributed by atoms with E-state index in [2.05, 4.69) is 48.2 Å². The van der Waals surface area contributed by atoms with E-state index < -0.39 is 0 Å². The van der Waals surface area contributed by atoms with E-state index in [1.807, 2.05) is 6.20 Å². The van der Waals surface area contributed by atoms with Crippen LogP contribution in [0.5, 0.6) is 0 Å². The molecule has 0 saturated carbocycles. The summed E-state index contributed by atoms with van der Waals surface area (Å²) in [5, 5.41) is 2.97. The van der Waals surface area contributed by atoms with E-state index in [0.717, 1.165) is 11.4 Å². The van der Waals surface area contributed by atoms with Crippen LogP contribution in [0.2, 0.25) is 0 Å². The lowest BCUT2D eigenvalue weighted by molar-refractivity contribution is 0.0950. The van der Waals surface area contributed by atoms with E-state index in [1.165, 1.54) is 16.7 Å². The maximum atomic E-state index is 12.3. The van der Waals surface area contributed by atoms with Gasteiger partial charge in [0, 0.05) is 25.1 Å². The van der Waals surface area contributed by atoms with Crippen LogP contribution >= 0.6 is 0 Å². The van der Waals surface area contributed by atoms with E-state index >= 15 is 0 Å². The van der Waals surface area contributed by atoms with Gasteiger partial charge in [-0.25, -0.2) is 9.97 Å². The van der Waals surface area contributed by atoms with E-state index in [1.54, 1.807) is 35.4 Å². The molecule has 5 nitrogen and oxygen atoms in total. The quantitative estimate of drug-likeness (QED) is 0.803. The van der Waals surface area contributed by atoms with Gasteiger partial charge in [-0.3, -0.25) is 9.36 Å². The number of benzene rings is 1. The van der Waals surface area contributed by atoms with Gasteiger partial charge in [0.15, 0.2) is 0 Å². The minimum atomic E-state index is -0.126.